The smallest absolute Gasteiger partial charge is 0.339 e. The lowest BCUT2D eigenvalue weighted by Gasteiger charge is -2.08. The van der Waals surface area contributed by atoms with Gasteiger partial charge in [-0.3, -0.25) is 9.78 Å². The van der Waals surface area contributed by atoms with Crippen molar-refractivity contribution in [3.8, 4) is 5.75 Å². The Labute approximate surface area is 136 Å². The number of hydrogen-bond donors (Lipinski definition) is 2. The first-order chi connectivity index (χ1) is 11.5. The Morgan fingerprint density at radius 3 is 2.83 bits per heavy atom. The quantitative estimate of drug-likeness (QED) is 0.744. The number of primary amides is 1. The molecule has 0 radical (unpaired) electrons. The van der Waals surface area contributed by atoms with E-state index in [2.05, 4.69) is 4.98 Å². The molecule has 0 spiro atoms. The zero-order valence-corrected chi connectivity index (χ0v) is 12.8. The third kappa shape index (κ3) is 2.79. The highest BCUT2D eigenvalue weighted by Gasteiger charge is 2.18. The zero-order valence-electron chi connectivity index (χ0n) is 12.8. The van der Waals surface area contributed by atoms with Crippen molar-refractivity contribution in [1.29, 1.82) is 0 Å². The Bertz CT molecular complexity index is 945. The Morgan fingerprint density at radius 1 is 1.33 bits per heavy atom. The summed E-state index contributed by atoms with van der Waals surface area (Å²) in [6.07, 6.45) is 1.48. The van der Waals surface area contributed by atoms with Crippen LogP contribution >= 0.6 is 0 Å². The van der Waals surface area contributed by atoms with E-state index < -0.39 is 11.9 Å². The largest absolute Gasteiger partial charge is 0.489 e. The molecule has 0 aliphatic carbocycles. The summed E-state index contributed by atoms with van der Waals surface area (Å²) < 4.78 is 11.1. The highest BCUT2D eigenvalue weighted by molar-refractivity contribution is 6.03. The van der Waals surface area contributed by atoms with E-state index in [4.69, 9.17) is 14.9 Å². The predicted molar refractivity (Wildman–Crippen MR) is 85.0 cm³/mol. The van der Waals surface area contributed by atoms with E-state index in [-0.39, 0.29) is 17.9 Å². The molecule has 0 bridgehead atoms. The maximum atomic E-state index is 11.4. The summed E-state index contributed by atoms with van der Waals surface area (Å²) in [5.41, 5.74) is 6.54. The number of aromatic carboxylic acids is 1. The molecular formula is C17H14N2O5. The van der Waals surface area contributed by atoms with E-state index in [1.54, 1.807) is 37.3 Å². The van der Waals surface area contributed by atoms with Gasteiger partial charge in [-0.15, -0.1) is 0 Å². The number of aryl methyl sites for hydroxylation is 1. The van der Waals surface area contributed by atoms with Gasteiger partial charge in [-0.2, -0.15) is 0 Å². The van der Waals surface area contributed by atoms with Gasteiger partial charge in [0.25, 0.3) is 5.91 Å². The van der Waals surface area contributed by atoms with Crippen molar-refractivity contribution in [3.63, 3.8) is 0 Å². The lowest BCUT2D eigenvalue weighted by atomic mass is 10.1. The average molecular weight is 326 g/mol. The van der Waals surface area contributed by atoms with Crippen molar-refractivity contribution in [1.82, 2.24) is 4.98 Å². The number of fused-ring (bicyclic) bond motifs is 1. The first kappa shape index (κ1) is 15.5. The molecule has 1 aromatic carbocycles. The number of aromatic nitrogens is 1. The number of carboxylic acids is 1. The van der Waals surface area contributed by atoms with E-state index in [0.29, 0.717) is 28.0 Å². The number of carboxylic acid groups (broad SMARTS) is 1. The number of pyridine rings is 1. The Morgan fingerprint density at radius 2 is 2.12 bits per heavy atom. The molecule has 0 atom stereocenters. The molecule has 7 heteroatoms. The third-order valence-corrected chi connectivity index (χ3v) is 3.57. The second kappa shape index (κ2) is 6.04. The normalized spacial score (nSPS) is 10.7. The first-order valence-corrected chi connectivity index (χ1v) is 7.10. The number of rotatable bonds is 5. The molecule has 0 saturated carbocycles. The molecule has 1 amide bonds. The second-order valence-electron chi connectivity index (χ2n) is 5.16. The third-order valence-electron chi connectivity index (χ3n) is 3.57. The van der Waals surface area contributed by atoms with E-state index in [0.717, 1.165) is 0 Å². The van der Waals surface area contributed by atoms with Gasteiger partial charge in [0.15, 0.2) is 0 Å². The van der Waals surface area contributed by atoms with Gasteiger partial charge in [-0.1, -0.05) is 6.07 Å². The Kier molecular flexibility index (Phi) is 3.91. The number of nitrogens with two attached hydrogens (primary N) is 1. The average Bonchev–Trinajstić information content (AvgIpc) is 2.88. The number of hydrogen-bond acceptors (Lipinski definition) is 5. The predicted octanol–water partition coefficient (Wildman–Crippen LogP) is 2.51. The standard InChI is InChI=1S/C17H14N2O5/c1-9-14(17(21)22)12-7-11(4-5-13(12)24-9)23-8-10-3-2-6-19-15(10)16(18)20/h2-7H,8H2,1H3,(H2,18,20)(H,21,22). The van der Waals surface area contributed by atoms with Crippen molar-refractivity contribution in [2.75, 3.05) is 0 Å². The maximum Gasteiger partial charge on any atom is 0.339 e. The Hall–Kier alpha value is -3.35. The SMILES string of the molecule is Cc1oc2ccc(OCc3cccnc3C(N)=O)cc2c1C(=O)O. The molecule has 24 heavy (non-hydrogen) atoms. The van der Waals surface area contributed by atoms with Gasteiger partial charge in [0, 0.05) is 17.1 Å². The summed E-state index contributed by atoms with van der Waals surface area (Å²) in [7, 11) is 0. The van der Waals surface area contributed by atoms with Crippen LogP contribution in [-0.4, -0.2) is 22.0 Å². The maximum absolute atomic E-state index is 11.4. The molecule has 0 aliphatic rings. The fourth-order valence-electron chi connectivity index (χ4n) is 2.49. The second-order valence-corrected chi connectivity index (χ2v) is 5.16. The van der Waals surface area contributed by atoms with Crippen molar-refractivity contribution in [2.24, 2.45) is 5.73 Å². The molecule has 0 fully saturated rings. The molecule has 0 saturated heterocycles. The van der Waals surface area contributed by atoms with Gasteiger partial charge in [-0.25, -0.2) is 4.79 Å². The molecule has 7 nitrogen and oxygen atoms in total. The van der Waals surface area contributed by atoms with Gasteiger partial charge >= 0.3 is 5.97 Å². The van der Waals surface area contributed by atoms with Crippen LogP contribution in [0.15, 0.2) is 40.9 Å². The van der Waals surface area contributed by atoms with Crippen LogP contribution in [0.3, 0.4) is 0 Å². The van der Waals surface area contributed by atoms with Crippen LogP contribution in [0.25, 0.3) is 11.0 Å². The fraction of sp³-hybridized carbons (Fsp3) is 0.118. The number of nitrogens with zero attached hydrogens (tertiary/aromatic N) is 1. The van der Waals surface area contributed by atoms with E-state index in [9.17, 15) is 14.7 Å². The number of ether oxygens (including phenoxy) is 1. The van der Waals surface area contributed by atoms with Gasteiger partial charge in [0.2, 0.25) is 0 Å². The zero-order chi connectivity index (χ0) is 17.3. The van der Waals surface area contributed by atoms with E-state index in [1.165, 1.54) is 6.20 Å². The van der Waals surface area contributed by atoms with E-state index >= 15 is 0 Å². The van der Waals surface area contributed by atoms with Crippen LogP contribution < -0.4 is 10.5 Å². The highest BCUT2D eigenvalue weighted by Crippen LogP contribution is 2.29. The van der Waals surface area contributed by atoms with Crippen molar-refractivity contribution >= 4 is 22.8 Å². The number of amides is 1. The molecular weight excluding hydrogens is 312 g/mol. The minimum absolute atomic E-state index is 0.0802. The summed E-state index contributed by atoms with van der Waals surface area (Å²) in [5, 5.41) is 9.75. The number of benzene rings is 1. The van der Waals surface area contributed by atoms with Crippen LogP contribution in [0.5, 0.6) is 5.75 Å². The first-order valence-electron chi connectivity index (χ1n) is 7.10. The molecule has 2 heterocycles. The summed E-state index contributed by atoms with van der Waals surface area (Å²) in [5.74, 6) is -0.919. The number of carbonyl (C=O) groups excluding carboxylic acids is 1. The fourth-order valence-corrected chi connectivity index (χ4v) is 2.49. The van der Waals surface area contributed by atoms with E-state index in [1.807, 2.05) is 0 Å². The molecule has 3 N–H and O–H groups in total. The summed E-state index contributed by atoms with van der Waals surface area (Å²) in [6.45, 7) is 1.68. The van der Waals surface area contributed by atoms with Crippen LogP contribution in [0.2, 0.25) is 0 Å². The number of carbonyl (C=O) groups is 2. The van der Waals surface area contributed by atoms with Crippen LogP contribution in [0.4, 0.5) is 0 Å². The highest BCUT2D eigenvalue weighted by atomic mass is 16.5. The monoisotopic (exact) mass is 326 g/mol. The minimum atomic E-state index is -1.06. The van der Waals surface area contributed by atoms with Gasteiger partial charge < -0.3 is 20.0 Å². The van der Waals surface area contributed by atoms with Crippen LogP contribution in [0.1, 0.15) is 32.2 Å². The van der Waals surface area contributed by atoms with Crippen molar-refractivity contribution in [2.45, 2.75) is 13.5 Å². The summed E-state index contributed by atoms with van der Waals surface area (Å²) >= 11 is 0. The van der Waals surface area contributed by atoms with Crippen molar-refractivity contribution < 1.29 is 23.8 Å². The molecule has 3 rings (SSSR count). The number of furan rings is 1. The van der Waals surface area contributed by atoms with Crippen LogP contribution in [-0.2, 0) is 6.61 Å². The van der Waals surface area contributed by atoms with Gasteiger partial charge in [0.05, 0.1) is 0 Å². The lowest BCUT2D eigenvalue weighted by molar-refractivity contribution is 0.0696. The molecule has 0 aliphatic heterocycles. The topological polar surface area (TPSA) is 116 Å². The lowest BCUT2D eigenvalue weighted by Crippen LogP contribution is -2.16. The Balaban J connectivity index is 1.90. The molecule has 122 valence electrons. The van der Waals surface area contributed by atoms with Gasteiger partial charge in [0.1, 0.15) is 35.0 Å². The molecule has 0 unspecified atom stereocenters. The molecule has 2 aromatic heterocycles. The molecule has 3 aromatic rings. The minimum Gasteiger partial charge on any atom is -0.489 e. The summed E-state index contributed by atoms with van der Waals surface area (Å²) in [4.78, 5) is 26.6. The van der Waals surface area contributed by atoms with Crippen molar-refractivity contribution in [3.05, 3.63) is 59.1 Å². The summed E-state index contributed by atoms with van der Waals surface area (Å²) in [6, 6.07) is 8.27. The van der Waals surface area contributed by atoms with Crippen LogP contribution in [0, 0.1) is 6.92 Å². The van der Waals surface area contributed by atoms with Gasteiger partial charge in [-0.05, 0) is 31.2 Å².